The topological polar surface area (TPSA) is 92.2 Å². The average molecular weight is 435 g/mol. The van der Waals surface area contributed by atoms with Gasteiger partial charge in [0, 0.05) is 23.8 Å². The predicted octanol–water partition coefficient (Wildman–Crippen LogP) is 3.57. The number of anilines is 1. The van der Waals surface area contributed by atoms with Gasteiger partial charge in [-0.25, -0.2) is 9.59 Å². The fraction of sp³-hybridized carbons (Fsp3) is 0.292. The molecule has 3 aromatic rings. The van der Waals surface area contributed by atoms with E-state index in [1.807, 2.05) is 44.2 Å². The summed E-state index contributed by atoms with van der Waals surface area (Å²) in [6.45, 7) is 3.91. The van der Waals surface area contributed by atoms with Crippen LogP contribution in [-0.2, 0) is 11.3 Å². The molecule has 2 aromatic carbocycles. The number of benzene rings is 2. The molecule has 1 saturated heterocycles. The number of fused-ring (bicyclic) bond motifs is 1. The second-order valence-electron chi connectivity index (χ2n) is 8.13. The minimum absolute atomic E-state index is 0.170. The number of pyridine rings is 1. The molecule has 0 spiro atoms. The summed E-state index contributed by atoms with van der Waals surface area (Å²) in [6, 6.07) is 13.9. The molecule has 0 radical (unpaired) electrons. The zero-order chi connectivity index (χ0) is 23.0. The molecular formula is C24H25N3O5. The number of carbonyl (C=O) groups excluding carboxylic acids is 2. The van der Waals surface area contributed by atoms with E-state index in [2.05, 4.69) is 4.98 Å². The van der Waals surface area contributed by atoms with Crippen molar-refractivity contribution in [3.05, 3.63) is 65.9 Å². The number of aromatic nitrogens is 1. The standard InChI is InChI=1S/C24H25N3O5/c1-24(2)22(29)27(16-9-10-20(31-3)18(13-16)21(28)32-4)23(30)26(24)14-15-11-12-25-19-8-6-5-7-17(15)19/h5-13,22,29H,14H2,1-4H3. The summed E-state index contributed by atoms with van der Waals surface area (Å²) in [6.07, 6.45) is 0.577. The highest BCUT2D eigenvalue weighted by Crippen LogP contribution is 2.38. The van der Waals surface area contributed by atoms with E-state index in [1.165, 1.54) is 25.2 Å². The van der Waals surface area contributed by atoms with Crippen LogP contribution < -0.4 is 9.64 Å². The molecule has 1 N–H and O–H groups in total. The van der Waals surface area contributed by atoms with Crippen molar-refractivity contribution >= 4 is 28.6 Å². The van der Waals surface area contributed by atoms with Crippen molar-refractivity contribution in [3.63, 3.8) is 0 Å². The second-order valence-corrected chi connectivity index (χ2v) is 8.13. The Morgan fingerprint density at radius 2 is 1.91 bits per heavy atom. The molecule has 8 heteroatoms. The lowest BCUT2D eigenvalue weighted by atomic mass is 10.0. The minimum Gasteiger partial charge on any atom is -0.496 e. The van der Waals surface area contributed by atoms with E-state index in [9.17, 15) is 14.7 Å². The number of methoxy groups -OCH3 is 2. The third-order valence-electron chi connectivity index (χ3n) is 5.94. The summed E-state index contributed by atoms with van der Waals surface area (Å²) in [5.41, 5.74) is 1.41. The number of aliphatic hydroxyl groups is 1. The van der Waals surface area contributed by atoms with Crippen LogP contribution in [0.5, 0.6) is 5.75 Å². The minimum atomic E-state index is -1.14. The number of carbonyl (C=O) groups is 2. The third kappa shape index (κ3) is 3.42. The first-order valence-corrected chi connectivity index (χ1v) is 10.2. The van der Waals surface area contributed by atoms with E-state index in [1.54, 1.807) is 23.2 Å². The van der Waals surface area contributed by atoms with Gasteiger partial charge in [-0.15, -0.1) is 0 Å². The molecule has 1 aliphatic heterocycles. The first-order valence-electron chi connectivity index (χ1n) is 10.2. The maximum atomic E-state index is 13.5. The van der Waals surface area contributed by atoms with E-state index in [0.29, 0.717) is 18.0 Å². The van der Waals surface area contributed by atoms with Gasteiger partial charge in [-0.05, 0) is 49.7 Å². The van der Waals surface area contributed by atoms with Crippen molar-refractivity contribution in [3.8, 4) is 5.75 Å². The lowest BCUT2D eigenvalue weighted by Crippen LogP contribution is -2.46. The molecule has 32 heavy (non-hydrogen) atoms. The molecule has 8 nitrogen and oxygen atoms in total. The van der Waals surface area contributed by atoms with Gasteiger partial charge >= 0.3 is 12.0 Å². The Balaban J connectivity index is 1.73. The molecule has 0 aliphatic carbocycles. The fourth-order valence-electron chi connectivity index (χ4n) is 4.04. The second kappa shape index (κ2) is 8.12. The number of para-hydroxylation sites is 1. The van der Waals surface area contributed by atoms with Crippen LogP contribution in [0.25, 0.3) is 10.9 Å². The van der Waals surface area contributed by atoms with Crippen molar-refractivity contribution in [1.82, 2.24) is 9.88 Å². The lowest BCUT2D eigenvalue weighted by Gasteiger charge is -2.32. The summed E-state index contributed by atoms with van der Waals surface area (Å²) in [5.74, 6) is -0.273. The van der Waals surface area contributed by atoms with Crippen molar-refractivity contribution in [2.24, 2.45) is 0 Å². The zero-order valence-electron chi connectivity index (χ0n) is 18.4. The number of nitrogens with zero attached hydrogens (tertiary/aromatic N) is 3. The molecule has 1 unspecified atom stereocenters. The van der Waals surface area contributed by atoms with E-state index in [-0.39, 0.29) is 11.6 Å². The van der Waals surface area contributed by atoms with Gasteiger partial charge in [-0.3, -0.25) is 9.88 Å². The van der Waals surface area contributed by atoms with E-state index >= 15 is 0 Å². The molecular weight excluding hydrogens is 410 g/mol. The maximum Gasteiger partial charge on any atom is 0.341 e. The number of hydrogen-bond acceptors (Lipinski definition) is 6. The summed E-state index contributed by atoms with van der Waals surface area (Å²) in [5, 5.41) is 12.1. The molecule has 166 valence electrons. The number of amides is 2. The SMILES string of the molecule is COC(=O)c1cc(N2C(=O)N(Cc3ccnc4ccccc34)C(C)(C)C2O)ccc1OC. The number of ether oxygens (including phenoxy) is 2. The predicted molar refractivity (Wildman–Crippen MR) is 120 cm³/mol. The van der Waals surface area contributed by atoms with Crippen LogP contribution in [0.1, 0.15) is 29.8 Å². The Bertz CT molecular complexity index is 1190. The number of esters is 1. The molecule has 1 atom stereocenters. The fourth-order valence-corrected chi connectivity index (χ4v) is 4.04. The van der Waals surface area contributed by atoms with Crippen LogP contribution in [0.15, 0.2) is 54.7 Å². The first-order chi connectivity index (χ1) is 15.3. The molecule has 1 fully saturated rings. The van der Waals surface area contributed by atoms with Gasteiger partial charge in [0.1, 0.15) is 11.3 Å². The molecule has 2 heterocycles. The molecule has 4 rings (SSSR count). The van der Waals surface area contributed by atoms with Gasteiger partial charge < -0.3 is 19.5 Å². The van der Waals surface area contributed by atoms with Crippen molar-refractivity contribution in [2.75, 3.05) is 19.1 Å². The van der Waals surface area contributed by atoms with E-state index in [0.717, 1.165) is 16.5 Å². The lowest BCUT2D eigenvalue weighted by molar-refractivity contribution is 0.0576. The Kier molecular flexibility index (Phi) is 5.48. The normalized spacial score (nSPS) is 17.7. The summed E-state index contributed by atoms with van der Waals surface area (Å²) in [4.78, 5) is 33.0. The Labute approximate surface area is 186 Å². The summed E-state index contributed by atoms with van der Waals surface area (Å²) in [7, 11) is 2.72. The summed E-state index contributed by atoms with van der Waals surface area (Å²) >= 11 is 0. The van der Waals surface area contributed by atoms with Gasteiger partial charge in [-0.1, -0.05) is 18.2 Å². The summed E-state index contributed by atoms with van der Waals surface area (Å²) < 4.78 is 10.1. The molecule has 0 saturated carbocycles. The first kappa shape index (κ1) is 21.6. The largest absolute Gasteiger partial charge is 0.496 e. The van der Waals surface area contributed by atoms with Gasteiger partial charge in [0.25, 0.3) is 0 Å². The highest BCUT2D eigenvalue weighted by atomic mass is 16.5. The quantitative estimate of drug-likeness (QED) is 0.616. The average Bonchev–Trinajstić information content (AvgIpc) is 2.97. The van der Waals surface area contributed by atoms with Gasteiger partial charge in [-0.2, -0.15) is 0 Å². The Hall–Kier alpha value is -3.65. The van der Waals surface area contributed by atoms with Crippen molar-refractivity contribution < 1.29 is 24.2 Å². The molecule has 0 bridgehead atoms. The number of urea groups is 1. The number of rotatable bonds is 5. The molecule has 1 aliphatic rings. The van der Waals surface area contributed by atoms with Crippen LogP contribution >= 0.6 is 0 Å². The van der Waals surface area contributed by atoms with Crippen LogP contribution in [0.3, 0.4) is 0 Å². The molecule has 1 aromatic heterocycles. The highest BCUT2D eigenvalue weighted by Gasteiger charge is 2.51. The van der Waals surface area contributed by atoms with Gasteiger partial charge in [0.15, 0.2) is 6.23 Å². The Morgan fingerprint density at radius 1 is 1.16 bits per heavy atom. The van der Waals surface area contributed by atoms with E-state index < -0.39 is 17.7 Å². The van der Waals surface area contributed by atoms with Crippen molar-refractivity contribution in [2.45, 2.75) is 32.2 Å². The van der Waals surface area contributed by atoms with Crippen LogP contribution in [-0.4, -0.2) is 53.0 Å². The maximum absolute atomic E-state index is 13.5. The van der Waals surface area contributed by atoms with Crippen LogP contribution in [0, 0.1) is 0 Å². The monoisotopic (exact) mass is 435 g/mol. The van der Waals surface area contributed by atoms with Gasteiger partial charge in [0.2, 0.25) is 0 Å². The number of hydrogen-bond donors (Lipinski definition) is 1. The highest BCUT2D eigenvalue weighted by molar-refractivity contribution is 5.99. The third-order valence-corrected chi connectivity index (χ3v) is 5.94. The van der Waals surface area contributed by atoms with Gasteiger partial charge in [0.05, 0.1) is 25.3 Å². The van der Waals surface area contributed by atoms with Crippen LogP contribution in [0.4, 0.5) is 10.5 Å². The smallest absolute Gasteiger partial charge is 0.341 e. The van der Waals surface area contributed by atoms with Crippen LogP contribution in [0.2, 0.25) is 0 Å². The Morgan fingerprint density at radius 3 is 2.62 bits per heavy atom. The zero-order valence-corrected chi connectivity index (χ0v) is 18.4. The van der Waals surface area contributed by atoms with Crippen molar-refractivity contribution in [1.29, 1.82) is 0 Å². The van der Waals surface area contributed by atoms with E-state index in [4.69, 9.17) is 9.47 Å². The number of aliphatic hydroxyl groups excluding tert-OH is 1. The molecule has 2 amide bonds.